The molecule has 7 nitrogen and oxygen atoms in total. The zero-order valence-corrected chi connectivity index (χ0v) is 20.8. The predicted octanol–water partition coefficient (Wildman–Crippen LogP) is 4.02. The van der Waals surface area contributed by atoms with Crippen LogP contribution in [0.2, 0.25) is 0 Å². The van der Waals surface area contributed by atoms with Crippen molar-refractivity contribution in [2.75, 3.05) is 48.2 Å². The van der Waals surface area contributed by atoms with E-state index in [2.05, 4.69) is 42.5 Å². The van der Waals surface area contributed by atoms with Crippen LogP contribution in [-0.4, -0.2) is 69.6 Å². The molecule has 1 saturated carbocycles. The van der Waals surface area contributed by atoms with E-state index in [1.54, 1.807) is 14.2 Å². The van der Waals surface area contributed by atoms with Gasteiger partial charge in [0, 0.05) is 32.2 Å². The SMILES string of the molecule is COCOc1cccc(C2(CN(C)C)CCC3(CC2)CN(Cc2ccc(OC)cc2)C(=O)N3)c1. The first-order chi connectivity index (χ1) is 16.4. The van der Waals surface area contributed by atoms with E-state index in [-0.39, 0.29) is 23.8 Å². The molecule has 34 heavy (non-hydrogen) atoms. The van der Waals surface area contributed by atoms with E-state index in [1.165, 1.54) is 5.56 Å². The summed E-state index contributed by atoms with van der Waals surface area (Å²) in [5.41, 5.74) is 2.27. The van der Waals surface area contributed by atoms with Gasteiger partial charge in [-0.3, -0.25) is 0 Å². The average Bonchev–Trinajstić information content (AvgIpc) is 3.14. The van der Waals surface area contributed by atoms with Gasteiger partial charge in [-0.25, -0.2) is 4.79 Å². The van der Waals surface area contributed by atoms with Gasteiger partial charge in [0.2, 0.25) is 0 Å². The fourth-order valence-corrected chi connectivity index (χ4v) is 5.54. The lowest BCUT2D eigenvalue weighted by Gasteiger charge is -2.46. The first kappa shape index (κ1) is 24.4. The lowest BCUT2D eigenvalue weighted by atomic mass is 9.64. The van der Waals surface area contributed by atoms with E-state index in [9.17, 15) is 4.79 Å². The number of likely N-dealkylation sites (N-methyl/N-ethyl adjacent to an activating group) is 1. The third-order valence-electron chi connectivity index (χ3n) is 7.26. The molecule has 2 amide bonds. The van der Waals surface area contributed by atoms with Crippen molar-refractivity contribution >= 4 is 6.03 Å². The van der Waals surface area contributed by atoms with Crippen LogP contribution in [0.4, 0.5) is 4.79 Å². The Morgan fingerprint density at radius 3 is 2.38 bits per heavy atom. The number of benzene rings is 2. The second-order valence-electron chi connectivity index (χ2n) is 10.0. The van der Waals surface area contributed by atoms with E-state index in [0.29, 0.717) is 6.54 Å². The van der Waals surface area contributed by atoms with Crippen molar-refractivity contribution < 1.29 is 19.0 Å². The third-order valence-corrected chi connectivity index (χ3v) is 7.26. The molecule has 4 rings (SSSR count). The maximum atomic E-state index is 12.9. The van der Waals surface area contributed by atoms with Gasteiger partial charge in [-0.2, -0.15) is 0 Å². The Bertz CT molecular complexity index is 968. The molecular weight excluding hydrogens is 430 g/mol. The number of carbonyl (C=O) groups excluding carboxylic acids is 1. The number of urea groups is 1. The molecule has 0 aromatic heterocycles. The number of nitrogens with one attached hydrogen (secondary N) is 1. The molecule has 0 atom stereocenters. The summed E-state index contributed by atoms with van der Waals surface area (Å²) < 4.78 is 16.0. The molecule has 1 aliphatic heterocycles. The predicted molar refractivity (Wildman–Crippen MR) is 132 cm³/mol. The molecule has 0 unspecified atom stereocenters. The van der Waals surface area contributed by atoms with Gasteiger partial charge >= 0.3 is 6.03 Å². The van der Waals surface area contributed by atoms with E-state index in [4.69, 9.17) is 14.2 Å². The molecule has 1 saturated heterocycles. The van der Waals surface area contributed by atoms with Crippen molar-refractivity contribution in [3.05, 3.63) is 59.7 Å². The second kappa shape index (κ2) is 10.2. The topological polar surface area (TPSA) is 63.3 Å². The van der Waals surface area contributed by atoms with E-state index in [0.717, 1.165) is 55.8 Å². The zero-order valence-electron chi connectivity index (χ0n) is 20.8. The van der Waals surface area contributed by atoms with Crippen LogP contribution in [0.1, 0.15) is 36.8 Å². The van der Waals surface area contributed by atoms with Crippen LogP contribution in [0.5, 0.6) is 11.5 Å². The Kier molecular flexibility index (Phi) is 7.33. The molecule has 2 aromatic rings. The lowest BCUT2D eigenvalue weighted by molar-refractivity contribution is 0.0508. The summed E-state index contributed by atoms with van der Waals surface area (Å²) in [6, 6.07) is 16.4. The first-order valence-corrected chi connectivity index (χ1v) is 11.9. The van der Waals surface area contributed by atoms with Crippen molar-refractivity contribution in [1.29, 1.82) is 0 Å². The highest BCUT2D eigenvalue weighted by Gasteiger charge is 2.49. The Hall–Kier alpha value is -2.77. The maximum Gasteiger partial charge on any atom is 0.318 e. The number of nitrogens with zero attached hydrogens (tertiary/aromatic N) is 2. The summed E-state index contributed by atoms with van der Waals surface area (Å²) in [5.74, 6) is 1.66. The second-order valence-corrected chi connectivity index (χ2v) is 10.0. The van der Waals surface area contributed by atoms with Gasteiger partial charge in [-0.05, 0) is 75.2 Å². The van der Waals surface area contributed by atoms with Crippen LogP contribution in [0, 0.1) is 0 Å². The van der Waals surface area contributed by atoms with Gasteiger partial charge in [-0.15, -0.1) is 0 Å². The number of rotatable bonds is 9. The number of hydrogen-bond donors (Lipinski definition) is 1. The Morgan fingerprint density at radius 2 is 1.74 bits per heavy atom. The van der Waals surface area contributed by atoms with Crippen LogP contribution in [0.15, 0.2) is 48.5 Å². The minimum absolute atomic E-state index is 0.0231. The Morgan fingerprint density at radius 1 is 1.00 bits per heavy atom. The molecule has 1 N–H and O–H groups in total. The van der Waals surface area contributed by atoms with Crippen LogP contribution in [0.3, 0.4) is 0 Å². The number of carbonyl (C=O) groups is 1. The summed E-state index contributed by atoms with van der Waals surface area (Å²) in [6.07, 6.45) is 3.93. The molecule has 184 valence electrons. The van der Waals surface area contributed by atoms with Crippen molar-refractivity contribution in [3.8, 4) is 11.5 Å². The van der Waals surface area contributed by atoms with Crippen LogP contribution >= 0.6 is 0 Å². The van der Waals surface area contributed by atoms with Crippen molar-refractivity contribution in [2.24, 2.45) is 0 Å². The smallest absolute Gasteiger partial charge is 0.318 e. The van der Waals surface area contributed by atoms with Crippen LogP contribution in [0.25, 0.3) is 0 Å². The third kappa shape index (κ3) is 5.31. The molecule has 1 spiro atoms. The summed E-state index contributed by atoms with van der Waals surface area (Å²) >= 11 is 0. The lowest BCUT2D eigenvalue weighted by Crippen LogP contribution is -2.52. The fourth-order valence-electron chi connectivity index (χ4n) is 5.54. The van der Waals surface area contributed by atoms with Crippen LogP contribution in [-0.2, 0) is 16.7 Å². The van der Waals surface area contributed by atoms with Gasteiger partial charge in [0.15, 0.2) is 6.79 Å². The van der Waals surface area contributed by atoms with Crippen molar-refractivity contribution in [2.45, 2.75) is 43.2 Å². The van der Waals surface area contributed by atoms with Gasteiger partial charge in [0.1, 0.15) is 11.5 Å². The molecule has 2 aliphatic rings. The standard InChI is InChI=1S/C27H37N3O4/c1-29(2)18-26(22-6-5-7-24(16-22)34-20-32-3)12-14-27(15-13-26)19-30(25(31)28-27)17-21-8-10-23(33-4)11-9-21/h5-11,16H,12-15,17-20H2,1-4H3,(H,28,31). The number of methoxy groups -OCH3 is 2. The normalized spacial score (nSPS) is 24.5. The first-order valence-electron chi connectivity index (χ1n) is 11.9. The molecule has 0 bridgehead atoms. The van der Waals surface area contributed by atoms with Gasteiger partial charge < -0.3 is 29.3 Å². The van der Waals surface area contributed by atoms with Crippen molar-refractivity contribution in [1.82, 2.24) is 15.1 Å². The Balaban J connectivity index is 1.47. The highest BCUT2D eigenvalue weighted by molar-refractivity contribution is 5.78. The molecule has 2 fully saturated rings. The summed E-state index contributed by atoms with van der Waals surface area (Å²) in [4.78, 5) is 17.1. The molecule has 7 heteroatoms. The molecule has 0 radical (unpaired) electrons. The maximum absolute atomic E-state index is 12.9. The number of amides is 2. The molecule has 2 aromatic carbocycles. The molecular formula is C27H37N3O4. The highest BCUT2D eigenvalue weighted by atomic mass is 16.7. The van der Waals surface area contributed by atoms with E-state index >= 15 is 0 Å². The largest absolute Gasteiger partial charge is 0.497 e. The number of ether oxygens (including phenoxy) is 3. The average molecular weight is 468 g/mol. The summed E-state index contributed by atoms with van der Waals surface area (Å²) in [6.45, 7) is 2.55. The van der Waals surface area contributed by atoms with E-state index in [1.807, 2.05) is 35.2 Å². The van der Waals surface area contributed by atoms with Gasteiger partial charge in [0.25, 0.3) is 0 Å². The molecule has 1 aliphatic carbocycles. The fraction of sp³-hybridized carbons (Fsp3) is 0.519. The zero-order chi connectivity index (χ0) is 24.2. The monoisotopic (exact) mass is 467 g/mol. The number of hydrogen-bond acceptors (Lipinski definition) is 5. The van der Waals surface area contributed by atoms with Gasteiger partial charge in [-0.1, -0.05) is 24.3 Å². The Labute approximate surface area is 203 Å². The van der Waals surface area contributed by atoms with E-state index < -0.39 is 0 Å². The summed E-state index contributed by atoms with van der Waals surface area (Å²) in [5, 5.41) is 3.35. The quantitative estimate of drug-likeness (QED) is 0.565. The minimum Gasteiger partial charge on any atom is -0.497 e. The van der Waals surface area contributed by atoms with Crippen molar-refractivity contribution in [3.63, 3.8) is 0 Å². The van der Waals surface area contributed by atoms with Crippen LogP contribution < -0.4 is 14.8 Å². The van der Waals surface area contributed by atoms with Gasteiger partial charge in [0.05, 0.1) is 12.6 Å². The minimum atomic E-state index is -0.163. The summed E-state index contributed by atoms with van der Waals surface area (Å²) in [7, 11) is 7.55. The molecule has 1 heterocycles. The highest BCUT2D eigenvalue weighted by Crippen LogP contribution is 2.46.